The van der Waals surface area contributed by atoms with Crippen molar-refractivity contribution in [2.75, 3.05) is 13.2 Å². The fraction of sp³-hybridized carbons (Fsp3) is 0.286. The maximum absolute atomic E-state index is 12.3. The van der Waals surface area contributed by atoms with Crippen LogP contribution in [0, 0.1) is 0 Å². The summed E-state index contributed by atoms with van der Waals surface area (Å²) in [7, 11) is 0. The van der Waals surface area contributed by atoms with Crippen molar-refractivity contribution in [1.82, 2.24) is 0 Å². The Hall–Kier alpha value is -2.51. The zero-order chi connectivity index (χ0) is 21.4. The van der Waals surface area contributed by atoms with Gasteiger partial charge < -0.3 is 14.6 Å². The van der Waals surface area contributed by atoms with Crippen molar-refractivity contribution in [1.29, 1.82) is 0 Å². The van der Waals surface area contributed by atoms with Crippen LogP contribution < -0.4 is 4.74 Å². The van der Waals surface area contributed by atoms with E-state index in [1.807, 2.05) is 6.92 Å². The lowest BCUT2D eigenvalue weighted by Crippen LogP contribution is -2.14. The van der Waals surface area contributed by atoms with Gasteiger partial charge in [-0.2, -0.15) is 0 Å². The first-order valence-corrected chi connectivity index (χ1v) is 10.3. The first-order chi connectivity index (χ1) is 13.9. The fourth-order valence-electron chi connectivity index (χ4n) is 2.40. The van der Waals surface area contributed by atoms with Crippen molar-refractivity contribution in [3.8, 4) is 5.75 Å². The highest BCUT2D eigenvalue weighted by atomic mass is 35.5. The predicted molar refractivity (Wildman–Crippen MR) is 116 cm³/mol. The van der Waals surface area contributed by atoms with E-state index >= 15 is 0 Å². The zero-order valence-electron chi connectivity index (χ0n) is 16.2. The number of esters is 1. The minimum absolute atomic E-state index is 0.107. The Labute approximate surface area is 178 Å². The van der Waals surface area contributed by atoms with Gasteiger partial charge in [0, 0.05) is 6.42 Å². The molecule has 1 aliphatic heterocycles. The van der Waals surface area contributed by atoms with Crippen LogP contribution in [0.1, 0.15) is 32.3 Å². The second-order valence-electron chi connectivity index (χ2n) is 5.90. The van der Waals surface area contributed by atoms with Crippen LogP contribution in [0.15, 0.2) is 52.1 Å². The van der Waals surface area contributed by atoms with Gasteiger partial charge in [0.2, 0.25) is 5.91 Å². The molecule has 6 nitrogen and oxygen atoms in total. The molecule has 0 spiro atoms. The number of amides is 1. The van der Waals surface area contributed by atoms with Crippen LogP contribution in [0.2, 0.25) is 5.02 Å². The normalized spacial score (nSPS) is 16.4. The average molecular weight is 436 g/mol. The zero-order valence-corrected chi connectivity index (χ0v) is 17.8. The number of rotatable bonds is 8. The van der Waals surface area contributed by atoms with Crippen LogP contribution in [0.25, 0.3) is 6.08 Å². The van der Waals surface area contributed by atoms with E-state index in [9.17, 15) is 14.7 Å². The van der Waals surface area contributed by atoms with Gasteiger partial charge in [0.1, 0.15) is 28.7 Å². The molecule has 154 valence electrons. The van der Waals surface area contributed by atoms with Crippen LogP contribution in [0.4, 0.5) is 0 Å². The lowest BCUT2D eigenvalue weighted by atomic mass is 10.1. The van der Waals surface area contributed by atoms with E-state index in [1.54, 1.807) is 37.3 Å². The van der Waals surface area contributed by atoms with E-state index in [2.05, 4.69) is 11.6 Å². The van der Waals surface area contributed by atoms with E-state index in [1.165, 1.54) is 0 Å². The van der Waals surface area contributed by atoms with E-state index in [-0.39, 0.29) is 35.3 Å². The van der Waals surface area contributed by atoms with E-state index < -0.39 is 5.97 Å². The predicted octanol–water partition coefficient (Wildman–Crippen LogP) is 5.09. The second-order valence-corrected chi connectivity index (χ2v) is 7.34. The number of aliphatic hydroxyl groups is 1. The van der Waals surface area contributed by atoms with Crippen molar-refractivity contribution >= 4 is 46.4 Å². The second kappa shape index (κ2) is 10.9. The molecule has 1 aromatic carbocycles. The molecule has 0 fully saturated rings. The largest absolute Gasteiger partial charge is 0.506 e. The van der Waals surface area contributed by atoms with Gasteiger partial charge in [-0.05, 0) is 37.1 Å². The number of aliphatic imine (C=N–C) groups is 1. The Morgan fingerprint density at radius 1 is 1.34 bits per heavy atom. The maximum atomic E-state index is 12.3. The standard InChI is InChI=1S/C21H22ClNO5S/c1-4-7-17(24)23-20-18(21(26)27-6-3)19(25)16(29-20)12-13-8-9-15(14(22)11-13)28-10-5-2/h5,8-9,11-12,25H,2,4,6-7,10H2,1,3H3/b16-12-,23-20?. The first kappa shape index (κ1) is 22.8. The number of nitrogens with zero attached hydrogens (tertiary/aromatic N) is 1. The van der Waals surface area contributed by atoms with Crippen molar-refractivity contribution in [3.05, 3.63) is 57.7 Å². The first-order valence-electron chi connectivity index (χ1n) is 9.06. The Bertz CT molecular complexity index is 904. The van der Waals surface area contributed by atoms with Gasteiger partial charge >= 0.3 is 5.97 Å². The van der Waals surface area contributed by atoms with Gasteiger partial charge in [0.25, 0.3) is 0 Å². The topological polar surface area (TPSA) is 85.2 Å². The summed E-state index contributed by atoms with van der Waals surface area (Å²) in [4.78, 5) is 28.6. The summed E-state index contributed by atoms with van der Waals surface area (Å²) in [5.41, 5.74) is 0.573. The molecule has 0 saturated carbocycles. The van der Waals surface area contributed by atoms with Crippen LogP contribution >= 0.6 is 23.4 Å². The molecule has 0 saturated heterocycles. The van der Waals surface area contributed by atoms with Crippen molar-refractivity contribution < 1.29 is 24.2 Å². The Morgan fingerprint density at radius 3 is 2.72 bits per heavy atom. The molecule has 0 unspecified atom stereocenters. The number of carbonyl (C=O) groups excluding carboxylic acids is 2. The SMILES string of the molecule is C=CCOc1ccc(/C=C2\SC(=NC(=O)CCC)C(C(=O)OCC)=C2O)cc1Cl. The molecule has 0 bridgehead atoms. The monoisotopic (exact) mass is 435 g/mol. The van der Waals surface area contributed by atoms with Gasteiger partial charge in [0.15, 0.2) is 0 Å². The minimum Gasteiger partial charge on any atom is -0.506 e. The lowest BCUT2D eigenvalue weighted by Gasteiger charge is -2.06. The quantitative estimate of drug-likeness (QED) is 0.452. The highest BCUT2D eigenvalue weighted by Gasteiger charge is 2.33. The van der Waals surface area contributed by atoms with Gasteiger partial charge in [0.05, 0.1) is 16.5 Å². The fourth-order valence-corrected chi connectivity index (χ4v) is 3.67. The van der Waals surface area contributed by atoms with Crippen LogP contribution in [0.3, 0.4) is 0 Å². The molecule has 0 radical (unpaired) electrons. The Kier molecular flexibility index (Phi) is 8.54. The number of hydrogen-bond acceptors (Lipinski definition) is 6. The molecular weight excluding hydrogens is 414 g/mol. The highest BCUT2D eigenvalue weighted by molar-refractivity contribution is 8.18. The van der Waals surface area contributed by atoms with Crippen molar-refractivity contribution in [3.63, 3.8) is 0 Å². The van der Waals surface area contributed by atoms with Crippen molar-refractivity contribution in [2.24, 2.45) is 4.99 Å². The van der Waals surface area contributed by atoms with Crippen molar-refractivity contribution in [2.45, 2.75) is 26.7 Å². The van der Waals surface area contributed by atoms with E-state index in [0.29, 0.717) is 34.3 Å². The molecule has 0 aliphatic carbocycles. The minimum atomic E-state index is -0.727. The number of halogens is 1. The summed E-state index contributed by atoms with van der Waals surface area (Å²) in [5, 5.41) is 11.1. The highest BCUT2D eigenvalue weighted by Crippen LogP contribution is 2.39. The van der Waals surface area contributed by atoms with E-state index in [0.717, 1.165) is 11.8 Å². The third-order valence-corrected chi connectivity index (χ3v) is 4.99. The molecule has 0 atom stereocenters. The summed E-state index contributed by atoms with van der Waals surface area (Å²) < 4.78 is 10.4. The Morgan fingerprint density at radius 2 is 2.10 bits per heavy atom. The maximum Gasteiger partial charge on any atom is 0.344 e. The molecule has 1 amide bonds. The van der Waals surface area contributed by atoms with Gasteiger partial charge in [-0.1, -0.05) is 49.0 Å². The number of carbonyl (C=O) groups is 2. The van der Waals surface area contributed by atoms with Gasteiger partial charge in [-0.3, -0.25) is 4.79 Å². The number of benzene rings is 1. The molecule has 0 aromatic heterocycles. The van der Waals surface area contributed by atoms with Crippen LogP contribution in [-0.2, 0) is 14.3 Å². The number of aliphatic hydroxyl groups excluding tert-OH is 1. The average Bonchev–Trinajstić information content (AvgIpc) is 2.96. The molecule has 29 heavy (non-hydrogen) atoms. The molecule has 8 heteroatoms. The van der Waals surface area contributed by atoms with Gasteiger partial charge in [-0.15, -0.1) is 0 Å². The third-order valence-electron chi connectivity index (χ3n) is 3.67. The molecule has 2 rings (SSSR count). The molecule has 1 N–H and O–H groups in total. The molecular formula is C21H22ClNO5S. The summed E-state index contributed by atoms with van der Waals surface area (Å²) in [5.74, 6) is -0.862. The Balaban J connectivity index is 2.39. The summed E-state index contributed by atoms with van der Waals surface area (Å²) in [6.07, 6.45) is 4.14. The van der Waals surface area contributed by atoms with Gasteiger partial charge in [-0.25, -0.2) is 9.79 Å². The summed E-state index contributed by atoms with van der Waals surface area (Å²) in [6.45, 7) is 7.57. The number of ether oxygens (including phenoxy) is 2. The molecule has 1 heterocycles. The smallest absolute Gasteiger partial charge is 0.344 e. The van der Waals surface area contributed by atoms with Crippen LogP contribution in [-0.4, -0.2) is 35.2 Å². The summed E-state index contributed by atoms with van der Waals surface area (Å²) >= 11 is 7.26. The lowest BCUT2D eigenvalue weighted by molar-refractivity contribution is -0.138. The van der Waals surface area contributed by atoms with Crippen LogP contribution in [0.5, 0.6) is 5.75 Å². The number of thioether (sulfide) groups is 1. The third kappa shape index (κ3) is 5.98. The summed E-state index contributed by atoms with van der Waals surface area (Å²) in [6, 6.07) is 5.12. The molecule has 1 aliphatic rings. The number of hydrogen-bond donors (Lipinski definition) is 1. The van der Waals surface area contributed by atoms with E-state index in [4.69, 9.17) is 21.1 Å². The molecule has 1 aromatic rings.